The third-order valence-corrected chi connectivity index (χ3v) is 6.31. The molecule has 0 saturated carbocycles. The number of hydrogen-bond acceptors (Lipinski definition) is 4. The van der Waals surface area contributed by atoms with Crippen LogP contribution in [0.25, 0.3) is 0 Å². The molecule has 3 heterocycles. The molecule has 3 aliphatic heterocycles. The van der Waals surface area contributed by atoms with E-state index in [1.165, 1.54) is 0 Å². The molecule has 1 aromatic carbocycles. The zero-order chi connectivity index (χ0) is 19.9. The summed E-state index contributed by atoms with van der Waals surface area (Å²) in [4.78, 5) is 42.6. The van der Waals surface area contributed by atoms with Crippen molar-refractivity contribution in [3.05, 3.63) is 29.8 Å². The summed E-state index contributed by atoms with van der Waals surface area (Å²) in [5, 5.41) is 2.84. The van der Waals surface area contributed by atoms with Crippen LogP contribution in [0.3, 0.4) is 0 Å². The Hall–Kier alpha value is -2.77. The first kappa shape index (κ1) is 18.6. The molecular weight excluding hydrogens is 360 g/mol. The van der Waals surface area contributed by atoms with E-state index in [0.717, 1.165) is 0 Å². The van der Waals surface area contributed by atoms with E-state index in [0.29, 0.717) is 56.9 Å². The van der Waals surface area contributed by atoms with Gasteiger partial charge in [0.2, 0.25) is 5.91 Å². The summed E-state index contributed by atoms with van der Waals surface area (Å²) in [7, 11) is 3.36. The summed E-state index contributed by atoms with van der Waals surface area (Å²) in [6.07, 6.45) is 1.34. The van der Waals surface area contributed by atoms with Gasteiger partial charge >= 0.3 is 6.03 Å². The lowest BCUT2D eigenvalue weighted by Crippen LogP contribution is -2.71. The average Bonchev–Trinajstić information content (AvgIpc) is 3.01. The van der Waals surface area contributed by atoms with E-state index in [1.54, 1.807) is 31.2 Å². The van der Waals surface area contributed by atoms with Gasteiger partial charge in [-0.1, -0.05) is 6.07 Å². The predicted octanol–water partition coefficient (Wildman–Crippen LogP) is 0.783. The summed E-state index contributed by atoms with van der Waals surface area (Å²) in [5.41, 5.74) is 0.366. The SMILES string of the molecule is COc1cccc(C(=O)N2CCC(C(=O)N3CC4(CNC(=O)N4C)C3)CC2)c1. The highest BCUT2D eigenvalue weighted by Crippen LogP contribution is 2.32. The minimum Gasteiger partial charge on any atom is -0.497 e. The van der Waals surface area contributed by atoms with Gasteiger partial charge in [-0.15, -0.1) is 0 Å². The van der Waals surface area contributed by atoms with Crippen LogP contribution in [0, 0.1) is 5.92 Å². The van der Waals surface area contributed by atoms with Crippen molar-refractivity contribution in [2.45, 2.75) is 18.4 Å². The van der Waals surface area contributed by atoms with Crippen LogP contribution in [0.2, 0.25) is 0 Å². The van der Waals surface area contributed by atoms with E-state index in [9.17, 15) is 14.4 Å². The van der Waals surface area contributed by atoms with Crippen molar-refractivity contribution in [1.29, 1.82) is 0 Å². The van der Waals surface area contributed by atoms with Crippen LogP contribution < -0.4 is 10.1 Å². The number of ether oxygens (including phenoxy) is 1. The Morgan fingerprint density at radius 1 is 1.18 bits per heavy atom. The summed E-state index contributed by atoms with van der Waals surface area (Å²) in [6.45, 7) is 2.92. The molecule has 0 aromatic heterocycles. The number of rotatable bonds is 3. The number of piperidine rings is 1. The Morgan fingerprint density at radius 2 is 1.89 bits per heavy atom. The summed E-state index contributed by atoms with van der Waals surface area (Å²) in [6, 6.07) is 7.08. The highest BCUT2D eigenvalue weighted by Gasteiger charge is 2.54. The third kappa shape index (κ3) is 3.06. The van der Waals surface area contributed by atoms with Crippen LogP contribution in [0.4, 0.5) is 4.79 Å². The van der Waals surface area contributed by atoms with Gasteiger partial charge in [0.25, 0.3) is 5.91 Å². The molecule has 8 heteroatoms. The fraction of sp³-hybridized carbons (Fsp3) is 0.550. The van der Waals surface area contributed by atoms with Crippen LogP contribution in [0.15, 0.2) is 24.3 Å². The van der Waals surface area contributed by atoms with E-state index < -0.39 is 0 Å². The first-order valence-corrected chi connectivity index (χ1v) is 9.67. The topological polar surface area (TPSA) is 82.2 Å². The van der Waals surface area contributed by atoms with Gasteiger partial charge in [-0.2, -0.15) is 0 Å². The molecule has 3 fully saturated rings. The molecule has 4 rings (SSSR count). The Bertz CT molecular complexity index is 797. The number of likely N-dealkylation sites (tertiary alicyclic amines) is 2. The van der Waals surface area contributed by atoms with Gasteiger partial charge in [-0.05, 0) is 31.0 Å². The van der Waals surface area contributed by atoms with Crippen LogP contribution in [0.1, 0.15) is 23.2 Å². The van der Waals surface area contributed by atoms with Crippen molar-refractivity contribution in [1.82, 2.24) is 20.0 Å². The molecule has 3 aliphatic rings. The molecule has 8 nitrogen and oxygen atoms in total. The molecule has 28 heavy (non-hydrogen) atoms. The summed E-state index contributed by atoms with van der Waals surface area (Å²) in [5.74, 6) is 0.728. The van der Waals surface area contributed by atoms with Crippen molar-refractivity contribution in [2.24, 2.45) is 5.92 Å². The van der Waals surface area contributed by atoms with Crippen molar-refractivity contribution in [3.63, 3.8) is 0 Å². The van der Waals surface area contributed by atoms with Crippen molar-refractivity contribution < 1.29 is 19.1 Å². The van der Waals surface area contributed by atoms with Crippen LogP contribution in [0.5, 0.6) is 5.75 Å². The van der Waals surface area contributed by atoms with Crippen molar-refractivity contribution in [2.75, 3.05) is 46.9 Å². The average molecular weight is 386 g/mol. The number of nitrogens with one attached hydrogen (secondary N) is 1. The van der Waals surface area contributed by atoms with E-state index in [4.69, 9.17) is 4.74 Å². The number of likely N-dealkylation sites (N-methyl/N-ethyl adjacent to an activating group) is 1. The molecular formula is C20H26N4O4. The van der Waals surface area contributed by atoms with Gasteiger partial charge < -0.3 is 24.8 Å². The lowest BCUT2D eigenvalue weighted by molar-refractivity contribution is -0.147. The number of benzene rings is 1. The maximum absolute atomic E-state index is 12.8. The Morgan fingerprint density at radius 3 is 2.50 bits per heavy atom. The van der Waals surface area contributed by atoms with Crippen molar-refractivity contribution >= 4 is 17.8 Å². The van der Waals surface area contributed by atoms with E-state index in [2.05, 4.69) is 5.32 Å². The predicted molar refractivity (Wildman–Crippen MR) is 102 cm³/mol. The van der Waals surface area contributed by atoms with Gasteiger partial charge in [-0.3, -0.25) is 9.59 Å². The largest absolute Gasteiger partial charge is 0.497 e. The molecule has 0 bridgehead atoms. The highest BCUT2D eigenvalue weighted by atomic mass is 16.5. The fourth-order valence-electron chi connectivity index (χ4n) is 4.36. The Labute approximate surface area is 164 Å². The zero-order valence-electron chi connectivity index (χ0n) is 16.3. The second-order valence-electron chi connectivity index (χ2n) is 7.93. The van der Waals surface area contributed by atoms with Gasteiger partial charge in [0.1, 0.15) is 5.75 Å². The summed E-state index contributed by atoms with van der Waals surface area (Å²) < 4.78 is 5.19. The van der Waals surface area contributed by atoms with Gasteiger partial charge in [0, 0.05) is 51.3 Å². The molecule has 3 saturated heterocycles. The third-order valence-electron chi connectivity index (χ3n) is 6.31. The molecule has 0 atom stereocenters. The molecule has 1 aromatic rings. The lowest BCUT2D eigenvalue weighted by atomic mass is 9.86. The van der Waals surface area contributed by atoms with E-state index >= 15 is 0 Å². The minimum atomic E-state index is -0.240. The highest BCUT2D eigenvalue weighted by molar-refractivity contribution is 5.95. The molecule has 0 aliphatic carbocycles. The number of amides is 4. The van der Waals surface area contributed by atoms with Crippen LogP contribution in [-0.2, 0) is 4.79 Å². The second-order valence-corrected chi connectivity index (χ2v) is 7.93. The van der Waals surface area contributed by atoms with Gasteiger partial charge in [0.15, 0.2) is 0 Å². The molecule has 0 radical (unpaired) electrons. The minimum absolute atomic E-state index is 0.0233. The first-order chi connectivity index (χ1) is 13.4. The fourth-order valence-corrected chi connectivity index (χ4v) is 4.36. The number of hydrogen-bond donors (Lipinski definition) is 1. The number of methoxy groups -OCH3 is 1. The Kier molecular flexibility index (Phi) is 4.64. The molecule has 1 N–H and O–H groups in total. The van der Waals surface area contributed by atoms with E-state index in [-0.39, 0.29) is 29.3 Å². The quantitative estimate of drug-likeness (QED) is 0.833. The molecule has 150 valence electrons. The summed E-state index contributed by atoms with van der Waals surface area (Å²) >= 11 is 0. The smallest absolute Gasteiger partial charge is 0.317 e. The van der Waals surface area contributed by atoms with Crippen LogP contribution >= 0.6 is 0 Å². The number of urea groups is 1. The zero-order valence-corrected chi connectivity index (χ0v) is 16.3. The molecule has 0 unspecified atom stereocenters. The normalized spacial score (nSPS) is 21.5. The lowest BCUT2D eigenvalue weighted by Gasteiger charge is -2.51. The number of carbonyl (C=O) groups excluding carboxylic acids is 3. The Balaban J connectivity index is 1.30. The molecule has 1 spiro atoms. The molecule has 4 amide bonds. The maximum atomic E-state index is 12.8. The van der Waals surface area contributed by atoms with Crippen molar-refractivity contribution in [3.8, 4) is 5.75 Å². The second kappa shape index (κ2) is 7.00. The van der Waals surface area contributed by atoms with Gasteiger partial charge in [-0.25, -0.2) is 4.79 Å². The number of nitrogens with zero attached hydrogens (tertiary/aromatic N) is 3. The van der Waals surface area contributed by atoms with Gasteiger partial charge in [0.05, 0.1) is 12.6 Å². The van der Waals surface area contributed by atoms with Crippen LogP contribution in [-0.4, -0.2) is 85.0 Å². The monoisotopic (exact) mass is 386 g/mol. The number of carbonyl (C=O) groups is 3. The maximum Gasteiger partial charge on any atom is 0.317 e. The van der Waals surface area contributed by atoms with E-state index in [1.807, 2.05) is 21.9 Å². The standard InChI is InChI=1S/C20H26N4O4/c1-22-19(27)21-11-20(22)12-24(13-20)17(25)14-6-8-23(9-7-14)18(26)15-4-3-5-16(10-15)28-2/h3-5,10,14H,6-9,11-13H2,1-2H3,(H,21,27). The first-order valence-electron chi connectivity index (χ1n) is 9.67.